The second kappa shape index (κ2) is 8.02. The maximum atomic E-state index is 6.01. The van der Waals surface area contributed by atoms with Crippen LogP contribution in [-0.2, 0) is 0 Å². The molecule has 0 spiro atoms. The number of ether oxygens (including phenoxy) is 3. The number of benzene rings is 1. The lowest BCUT2D eigenvalue weighted by Gasteiger charge is -2.17. The molecule has 1 aromatic carbocycles. The van der Waals surface area contributed by atoms with Crippen LogP contribution in [0.5, 0.6) is 17.2 Å². The quantitative estimate of drug-likeness (QED) is 0.823. The van der Waals surface area contributed by atoms with Crippen LogP contribution in [0, 0.1) is 0 Å². The summed E-state index contributed by atoms with van der Waals surface area (Å²) in [6.07, 6.45) is 0.707. The fraction of sp³-hybridized carbons (Fsp3) is 0.500. The van der Waals surface area contributed by atoms with Crippen molar-refractivity contribution >= 4 is 12.4 Å². The predicted octanol–water partition coefficient (Wildman–Crippen LogP) is 1.48. The first-order valence-corrected chi connectivity index (χ1v) is 5.43. The molecule has 0 aromatic heterocycles. The van der Waals surface area contributed by atoms with Gasteiger partial charge in [0.25, 0.3) is 0 Å². The number of hydrogen-bond donors (Lipinski definition) is 2. The Hall–Kier alpha value is -1.17. The minimum absolute atomic E-state index is 0. The first kappa shape index (κ1) is 16.8. The lowest BCUT2D eigenvalue weighted by Crippen LogP contribution is -2.15. The summed E-state index contributed by atoms with van der Waals surface area (Å²) in [5.74, 6) is 1.78. The summed E-state index contributed by atoms with van der Waals surface area (Å²) in [6.45, 7) is 0.540. The van der Waals surface area contributed by atoms with E-state index < -0.39 is 0 Å². The van der Waals surface area contributed by atoms with Gasteiger partial charge in [-0.2, -0.15) is 0 Å². The van der Waals surface area contributed by atoms with Crippen LogP contribution in [0.2, 0.25) is 0 Å². The lowest BCUT2D eigenvalue weighted by atomic mass is 10.0. The zero-order valence-electron chi connectivity index (χ0n) is 10.9. The SMILES string of the molecule is COc1cc([C@@H](N)CCN)cc(OC)c1OC.Cl. The zero-order chi connectivity index (χ0) is 12.8. The molecule has 0 amide bonds. The number of hydrogen-bond acceptors (Lipinski definition) is 5. The molecule has 0 aliphatic carbocycles. The second-order valence-electron chi connectivity index (χ2n) is 3.64. The summed E-state index contributed by atoms with van der Waals surface area (Å²) >= 11 is 0. The first-order valence-electron chi connectivity index (χ1n) is 5.43. The van der Waals surface area contributed by atoms with Gasteiger partial charge in [-0.3, -0.25) is 0 Å². The summed E-state index contributed by atoms with van der Waals surface area (Å²) in [7, 11) is 4.73. The van der Waals surface area contributed by atoms with Gasteiger partial charge in [-0.05, 0) is 30.7 Å². The first-order chi connectivity index (χ1) is 8.17. The highest BCUT2D eigenvalue weighted by molar-refractivity contribution is 5.85. The van der Waals surface area contributed by atoms with Crippen molar-refractivity contribution in [1.82, 2.24) is 0 Å². The van der Waals surface area contributed by atoms with E-state index in [1.54, 1.807) is 21.3 Å². The molecule has 1 rings (SSSR count). The highest BCUT2D eigenvalue weighted by atomic mass is 35.5. The molecular weight excluding hydrogens is 256 g/mol. The Kier molecular flexibility index (Phi) is 7.50. The van der Waals surface area contributed by atoms with Gasteiger partial charge in [0.15, 0.2) is 11.5 Å². The fourth-order valence-electron chi connectivity index (χ4n) is 1.66. The van der Waals surface area contributed by atoms with Crippen LogP contribution < -0.4 is 25.7 Å². The third-order valence-electron chi connectivity index (χ3n) is 2.59. The van der Waals surface area contributed by atoms with Crippen molar-refractivity contribution in [2.24, 2.45) is 11.5 Å². The second-order valence-corrected chi connectivity index (χ2v) is 3.64. The lowest BCUT2D eigenvalue weighted by molar-refractivity contribution is 0.323. The van der Waals surface area contributed by atoms with Crippen molar-refractivity contribution < 1.29 is 14.2 Å². The smallest absolute Gasteiger partial charge is 0.203 e. The minimum Gasteiger partial charge on any atom is -0.493 e. The van der Waals surface area contributed by atoms with E-state index in [1.165, 1.54) is 0 Å². The number of rotatable bonds is 6. The Morgan fingerprint density at radius 3 is 1.89 bits per heavy atom. The summed E-state index contributed by atoms with van der Waals surface area (Å²) in [6, 6.07) is 3.57. The third kappa shape index (κ3) is 3.66. The van der Waals surface area contributed by atoms with Gasteiger partial charge in [0, 0.05) is 6.04 Å². The number of methoxy groups -OCH3 is 3. The van der Waals surface area contributed by atoms with Gasteiger partial charge in [0.1, 0.15) is 0 Å². The van der Waals surface area contributed by atoms with Crippen molar-refractivity contribution in [1.29, 1.82) is 0 Å². The molecule has 0 unspecified atom stereocenters. The van der Waals surface area contributed by atoms with E-state index in [0.717, 1.165) is 5.56 Å². The predicted molar refractivity (Wildman–Crippen MR) is 73.9 cm³/mol. The maximum absolute atomic E-state index is 6.01. The Labute approximate surface area is 114 Å². The summed E-state index contributed by atoms with van der Waals surface area (Å²) < 4.78 is 15.7. The van der Waals surface area contributed by atoms with Gasteiger partial charge >= 0.3 is 0 Å². The Morgan fingerprint density at radius 1 is 1.06 bits per heavy atom. The number of nitrogens with two attached hydrogens (primary N) is 2. The molecule has 0 radical (unpaired) electrons. The van der Waals surface area contributed by atoms with Crippen LogP contribution >= 0.6 is 12.4 Å². The Balaban J connectivity index is 0.00000289. The Morgan fingerprint density at radius 2 is 1.56 bits per heavy atom. The highest BCUT2D eigenvalue weighted by Gasteiger charge is 2.16. The molecule has 4 N–H and O–H groups in total. The zero-order valence-corrected chi connectivity index (χ0v) is 11.8. The molecule has 104 valence electrons. The molecule has 6 heteroatoms. The molecule has 1 aromatic rings. The molecule has 5 nitrogen and oxygen atoms in total. The van der Waals surface area contributed by atoms with E-state index in [1.807, 2.05) is 12.1 Å². The molecule has 0 aliphatic heterocycles. The average Bonchev–Trinajstić information content (AvgIpc) is 2.37. The van der Waals surface area contributed by atoms with Gasteiger partial charge in [-0.15, -0.1) is 12.4 Å². The summed E-state index contributed by atoms with van der Waals surface area (Å²) in [5, 5.41) is 0. The normalized spacial score (nSPS) is 11.4. The van der Waals surface area contributed by atoms with E-state index in [2.05, 4.69) is 0 Å². The van der Waals surface area contributed by atoms with E-state index in [9.17, 15) is 0 Å². The maximum Gasteiger partial charge on any atom is 0.203 e. The van der Waals surface area contributed by atoms with Crippen LogP contribution in [0.25, 0.3) is 0 Å². The van der Waals surface area contributed by atoms with Crippen LogP contribution in [0.1, 0.15) is 18.0 Å². The molecule has 0 aliphatic rings. The van der Waals surface area contributed by atoms with Gasteiger partial charge in [-0.25, -0.2) is 0 Å². The molecule has 0 heterocycles. The molecule has 0 fully saturated rings. The molecule has 0 bridgehead atoms. The van der Waals surface area contributed by atoms with Crippen molar-refractivity contribution in [2.45, 2.75) is 12.5 Å². The largest absolute Gasteiger partial charge is 0.493 e. The number of halogens is 1. The third-order valence-corrected chi connectivity index (χ3v) is 2.59. The molecule has 0 saturated heterocycles. The van der Waals surface area contributed by atoms with E-state index in [-0.39, 0.29) is 18.4 Å². The van der Waals surface area contributed by atoms with Crippen LogP contribution in [0.3, 0.4) is 0 Å². The van der Waals surface area contributed by atoms with Crippen LogP contribution in [0.4, 0.5) is 0 Å². The molecule has 0 saturated carbocycles. The van der Waals surface area contributed by atoms with Gasteiger partial charge in [0.2, 0.25) is 5.75 Å². The monoisotopic (exact) mass is 276 g/mol. The summed E-state index contributed by atoms with van der Waals surface area (Å²) in [5.41, 5.74) is 12.4. The summed E-state index contributed by atoms with van der Waals surface area (Å²) in [4.78, 5) is 0. The molecule has 1 atom stereocenters. The van der Waals surface area contributed by atoms with E-state index in [4.69, 9.17) is 25.7 Å². The molecule has 18 heavy (non-hydrogen) atoms. The Bertz CT molecular complexity index is 349. The van der Waals surface area contributed by atoms with Crippen molar-refractivity contribution in [3.63, 3.8) is 0 Å². The van der Waals surface area contributed by atoms with Crippen molar-refractivity contribution in [3.8, 4) is 17.2 Å². The standard InChI is InChI=1S/C12H20N2O3.ClH/c1-15-10-6-8(9(14)4-5-13)7-11(16-2)12(10)17-3;/h6-7,9H,4-5,13-14H2,1-3H3;1H/t9-;/m0./s1. The van der Waals surface area contributed by atoms with Gasteiger partial charge in [-0.1, -0.05) is 0 Å². The average molecular weight is 277 g/mol. The topological polar surface area (TPSA) is 79.7 Å². The fourth-order valence-corrected chi connectivity index (χ4v) is 1.66. The highest BCUT2D eigenvalue weighted by Crippen LogP contribution is 2.39. The van der Waals surface area contributed by atoms with Gasteiger partial charge < -0.3 is 25.7 Å². The minimum atomic E-state index is -0.131. The van der Waals surface area contributed by atoms with E-state index >= 15 is 0 Å². The van der Waals surface area contributed by atoms with E-state index in [0.29, 0.717) is 30.2 Å². The molecular formula is C12H21ClN2O3. The van der Waals surface area contributed by atoms with Crippen LogP contribution in [0.15, 0.2) is 12.1 Å². The van der Waals surface area contributed by atoms with Gasteiger partial charge in [0.05, 0.1) is 21.3 Å². The van der Waals surface area contributed by atoms with Crippen molar-refractivity contribution in [2.75, 3.05) is 27.9 Å². The van der Waals surface area contributed by atoms with Crippen molar-refractivity contribution in [3.05, 3.63) is 17.7 Å². The van der Waals surface area contributed by atoms with Crippen LogP contribution in [-0.4, -0.2) is 27.9 Å².